The third-order valence-corrected chi connectivity index (χ3v) is 8.86. The zero-order valence-electron chi connectivity index (χ0n) is 21.5. The van der Waals surface area contributed by atoms with Crippen molar-refractivity contribution in [2.24, 2.45) is 18.9 Å². The number of carbonyl (C=O) groups is 2. The molecule has 4 aromatic rings. The number of aromatic nitrogens is 2. The Kier molecular flexibility index (Phi) is 4.96. The summed E-state index contributed by atoms with van der Waals surface area (Å²) in [5.41, 5.74) is -0.388. The molecule has 1 N–H and O–H groups in total. The molecule has 9 heteroatoms. The summed E-state index contributed by atoms with van der Waals surface area (Å²) in [7, 11) is 1.85. The van der Waals surface area contributed by atoms with Crippen LogP contribution < -0.4 is 9.64 Å². The Morgan fingerprint density at radius 1 is 1.05 bits per heavy atom. The van der Waals surface area contributed by atoms with Crippen molar-refractivity contribution in [2.45, 2.75) is 37.1 Å². The second-order valence-corrected chi connectivity index (χ2v) is 10.9. The fourth-order valence-electron chi connectivity index (χ4n) is 7.05. The number of aryl methyl sites for hydroxylation is 1. The lowest BCUT2D eigenvalue weighted by atomic mass is 9.66. The van der Waals surface area contributed by atoms with Gasteiger partial charge in [0.2, 0.25) is 17.7 Å². The molecule has 0 aliphatic carbocycles. The van der Waals surface area contributed by atoms with E-state index in [-0.39, 0.29) is 24.8 Å². The van der Waals surface area contributed by atoms with Gasteiger partial charge >= 0.3 is 0 Å². The molecule has 3 aromatic carbocycles. The van der Waals surface area contributed by atoms with Crippen molar-refractivity contribution in [2.75, 3.05) is 11.5 Å². The number of amides is 2. The lowest BCUT2D eigenvalue weighted by Gasteiger charge is -2.33. The first-order chi connectivity index (χ1) is 18.8. The van der Waals surface area contributed by atoms with Gasteiger partial charge in [-0.15, -0.1) is 5.10 Å². The molecule has 5 atom stereocenters. The zero-order chi connectivity index (χ0) is 27.1. The van der Waals surface area contributed by atoms with Crippen LogP contribution in [0.1, 0.15) is 25.3 Å². The van der Waals surface area contributed by atoms with Gasteiger partial charge in [0.05, 0.1) is 58.4 Å². The lowest BCUT2D eigenvalue weighted by Crippen LogP contribution is -2.49. The lowest BCUT2D eigenvalue weighted by molar-refractivity contribution is -0.134. The number of imide groups is 1. The van der Waals surface area contributed by atoms with E-state index in [9.17, 15) is 20.0 Å². The highest BCUT2D eigenvalue weighted by Crippen LogP contribution is 2.62. The molecule has 0 unspecified atom stereocenters. The van der Waals surface area contributed by atoms with Crippen LogP contribution in [0.2, 0.25) is 0 Å². The minimum atomic E-state index is -1.19. The van der Waals surface area contributed by atoms with Crippen molar-refractivity contribution >= 4 is 39.2 Å². The molecule has 3 aliphatic heterocycles. The average Bonchev–Trinajstić information content (AvgIpc) is 3.58. The highest BCUT2D eigenvalue weighted by Gasteiger charge is 2.77. The van der Waals surface area contributed by atoms with Crippen LogP contribution in [0.4, 0.5) is 5.69 Å². The van der Waals surface area contributed by atoms with Gasteiger partial charge in [-0.25, -0.2) is 4.90 Å². The summed E-state index contributed by atoms with van der Waals surface area (Å²) >= 11 is 0. The zero-order valence-corrected chi connectivity index (χ0v) is 21.5. The molecule has 9 nitrogen and oxygen atoms in total. The molecule has 0 saturated carbocycles. The summed E-state index contributed by atoms with van der Waals surface area (Å²) in [5.74, 6) is -1.83. The summed E-state index contributed by atoms with van der Waals surface area (Å²) in [5, 5.41) is 27.3. The van der Waals surface area contributed by atoms with E-state index in [1.165, 1.54) is 4.90 Å². The minimum Gasteiger partial charge on any atom is -0.476 e. The third-order valence-electron chi connectivity index (χ3n) is 8.86. The van der Waals surface area contributed by atoms with E-state index in [2.05, 4.69) is 11.2 Å². The number of rotatable bonds is 5. The number of para-hydroxylation sites is 1. The van der Waals surface area contributed by atoms with Gasteiger partial charge in [0, 0.05) is 30.7 Å². The number of aliphatic hydroxyl groups is 1. The smallest absolute Gasteiger partial charge is 0.240 e. The SMILES string of the molecule is Cn1nc(OCC[C@]23C[C@H](O)[C@](C)(O2)[C@@H]2C(=O)N(c4ccc(C#N)c5ccccc45)C(=O)[C@@H]23)c2ccccc21. The minimum absolute atomic E-state index is 0.203. The van der Waals surface area contributed by atoms with E-state index in [0.29, 0.717) is 34.3 Å². The molecule has 2 amide bonds. The van der Waals surface area contributed by atoms with Crippen LogP contribution in [0.3, 0.4) is 0 Å². The number of nitrogens with zero attached hydrogens (tertiary/aromatic N) is 4. The number of ether oxygens (including phenoxy) is 2. The van der Waals surface area contributed by atoms with Crippen LogP contribution in [-0.2, 0) is 21.4 Å². The normalized spacial score (nSPS) is 29.4. The molecule has 196 valence electrons. The summed E-state index contributed by atoms with van der Waals surface area (Å²) in [6.45, 7) is 1.93. The van der Waals surface area contributed by atoms with Gasteiger partial charge in [-0.1, -0.05) is 36.4 Å². The summed E-state index contributed by atoms with van der Waals surface area (Å²) in [6, 6.07) is 20.5. The standard InChI is InChI=1S/C30H26N4O5/c1-29-23(35)15-30(39-29,13-14-38-26-20-9-5-6-10-21(20)33(2)32-26)25-24(29)27(36)34(28(25)37)22-12-11-17(16-31)18-7-3-4-8-19(18)22/h3-12,23-25,35H,13-15H2,1-2H3/t23-,24-,25+,29-,30+/m0/s1. The van der Waals surface area contributed by atoms with E-state index in [1.54, 1.807) is 29.8 Å². The molecular formula is C30H26N4O5. The topological polar surface area (TPSA) is 118 Å². The molecule has 2 bridgehead atoms. The fourth-order valence-corrected chi connectivity index (χ4v) is 7.05. The number of aliphatic hydroxyl groups excluding tert-OH is 1. The maximum absolute atomic E-state index is 14.1. The Labute approximate surface area is 224 Å². The van der Waals surface area contributed by atoms with Crippen molar-refractivity contribution in [1.82, 2.24) is 9.78 Å². The maximum Gasteiger partial charge on any atom is 0.240 e. The second kappa shape index (κ2) is 8.12. The van der Waals surface area contributed by atoms with Gasteiger partial charge in [0.25, 0.3) is 0 Å². The Morgan fingerprint density at radius 2 is 1.74 bits per heavy atom. The molecule has 3 aliphatic rings. The van der Waals surface area contributed by atoms with Crippen LogP contribution >= 0.6 is 0 Å². The van der Waals surface area contributed by atoms with Gasteiger partial charge in [-0.05, 0) is 31.2 Å². The molecule has 7 rings (SSSR count). The largest absolute Gasteiger partial charge is 0.476 e. The predicted molar refractivity (Wildman–Crippen MR) is 142 cm³/mol. The third kappa shape index (κ3) is 3.10. The average molecular weight is 523 g/mol. The van der Waals surface area contributed by atoms with E-state index >= 15 is 0 Å². The Bertz CT molecular complexity index is 1740. The van der Waals surface area contributed by atoms with E-state index in [1.807, 2.05) is 49.5 Å². The maximum atomic E-state index is 14.1. The number of carbonyl (C=O) groups excluding carboxylic acids is 2. The monoisotopic (exact) mass is 522 g/mol. The van der Waals surface area contributed by atoms with Crippen molar-refractivity contribution in [3.63, 3.8) is 0 Å². The number of benzene rings is 3. The predicted octanol–water partition coefficient (Wildman–Crippen LogP) is 3.47. The van der Waals surface area contributed by atoms with E-state index in [4.69, 9.17) is 9.47 Å². The number of nitriles is 1. The number of anilines is 1. The molecule has 3 fully saturated rings. The van der Waals surface area contributed by atoms with Crippen LogP contribution in [0.5, 0.6) is 5.88 Å². The van der Waals surface area contributed by atoms with Crippen LogP contribution in [-0.4, -0.2) is 50.6 Å². The fraction of sp³-hybridized carbons (Fsp3) is 0.333. The number of fused-ring (bicyclic) bond motifs is 7. The van der Waals surface area contributed by atoms with Crippen LogP contribution in [0, 0.1) is 23.2 Å². The molecule has 3 saturated heterocycles. The molecule has 0 spiro atoms. The van der Waals surface area contributed by atoms with Crippen molar-refractivity contribution in [1.29, 1.82) is 5.26 Å². The first-order valence-electron chi connectivity index (χ1n) is 13.0. The van der Waals surface area contributed by atoms with Crippen LogP contribution in [0.15, 0.2) is 60.7 Å². The first kappa shape index (κ1) is 23.8. The summed E-state index contributed by atoms with van der Waals surface area (Å²) < 4.78 is 14.3. The first-order valence-corrected chi connectivity index (χ1v) is 13.0. The van der Waals surface area contributed by atoms with Gasteiger partial charge < -0.3 is 14.6 Å². The second-order valence-electron chi connectivity index (χ2n) is 10.9. The Hall–Kier alpha value is -4.26. The highest BCUT2D eigenvalue weighted by molar-refractivity contribution is 6.26. The van der Waals surface area contributed by atoms with Crippen molar-refractivity contribution in [3.8, 4) is 11.9 Å². The van der Waals surface area contributed by atoms with E-state index < -0.39 is 29.1 Å². The Morgan fingerprint density at radius 3 is 2.51 bits per heavy atom. The molecule has 0 radical (unpaired) electrons. The molecule has 39 heavy (non-hydrogen) atoms. The number of hydrogen-bond donors (Lipinski definition) is 1. The van der Waals surface area contributed by atoms with Crippen molar-refractivity contribution < 1.29 is 24.2 Å². The molecule has 4 heterocycles. The van der Waals surface area contributed by atoms with E-state index in [0.717, 1.165) is 10.9 Å². The van der Waals surface area contributed by atoms with Gasteiger partial charge in [-0.3, -0.25) is 14.3 Å². The van der Waals surface area contributed by atoms with Gasteiger partial charge in [-0.2, -0.15) is 5.26 Å². The molecular weight excluding hydrogens is 496 g/mol. The Balaban J connectivity index is 1.23. The summed E-state index contributed by atoms with van der Waals surface area (Å²) in [6.07, 6.45) is -0.353. The molecule has 1 aromatic heterocycles. The quantitative estimate of drug-likeness (QED) is 0.399. The highest BCUT2D eigenvalue weighted by atomic mass is 16.6. The van der Waals surface area contributed by atoms with Gasteiger partial charge in [0.15, 0.2) is 0 Å². The van der Waals surface area contributed by atoms with Gasteiger partial charge in [0.1, 0.15) is 5.60 Å². The number of hydrogen-bond acceptors (Lipinski definition) is 7. The van der Waals surface area contributed by atoms with Crippen molar-refractivity contribution in [3.05, 3.63) is 66.2 Å². The summed E-state index contributed by atoms with van der Waals surface area (Å²) in [4.78, 5) is 29.2. The van der Waals surface area contributed by atoms with Crippen LogP contribution in [0.25, 0.3) is 21.7 Å².